The van der Waals surface area contributed by atoms with Gasteiger partial charge in [-0.15, -0.1) is 0 Å². The van der Waals surface area contributed by atoms with Crippen LogP contribution in [0.2, 0.25) is 0 Å². The highest BCUT2D eigenvalue weighted by Crippen LogP contribution is 2.20. The minimum atomic E-state index is -0.876. The second-order valence-corrected chi connectivity index (χ2v) is 3.76. The van der Waals surface area contributed by atoms with Crippen molar-refractivity contribution in [3.63, 3.8) is 0 Å². The number of aromatic nitrogens is 2. The normalized spacial score (nSPS) is 16.8. The summed E-state index contributed by atoms with van der Waals surface area (Å²) in [5.41, 5.74) is 5.63. The molecule has 2 heterocycles. The average Bonchev–Trinajstić information content (AvgIpc) is 2.65. The lowest BCUT2D eigenvalue weighted by Crippen LogP contribution is -2.48. The molecule has 1 fully saturated rings. The predicted octanol–water partition coefficient (Wildman–Crippen LogP) is -0.0797. The van der Waals surface area contributed by atoms with Crippen LogP contribution in [-0.2, 0) is 0 Å². The van der Waals surface area contributed by atoms with E-state index in [2.05, 4.69) is 8.75 Å². The van der Waals surface area contributed by atoms with Gasteiger partial charge in [0.15, 0.2) is 11.6 Å². The van der Waals surface area contributed by atoms with Gasteiger partial charge in [-0.25, -0.2) is 4.79 Å². The number of rotatable bonds is 1. The van der Waals surface area contributed by atoms with E-state index in [0.29, 0.717) is 37.8 Å². The van der Waals surface area contributed by atoms with Crippen molar-refractivity contribution in [2.24, 2.45) is 0 Å². The van der Waals surface area contributed by atoms with Gasteiger partial charge in [-0.2, -0.15) is 8.75 Å². The molecule has 0 spiro atoms. The van der Waals surface area contributed by atoms with Crippen molar-refractivity contribution in [3.05, 3.63) is 0 Å². The molecule has 3 N–H and O–H groups in total. The number of nitrogens with zero attached hydrogens (tertiary/aromatic N) is 4. The Labute approximate surface area is 90.4 Å². The van der Waals surface area contributed by atoms with Crippen LogP contribution in [0.3, 0.4) is 0 Å². The van der Waals surface area contributed by atoms with Crippen molar-refractivity contribution >= 4 is 29.5 Å². The number of hydrogen-bond acceptors (Lipinski definition) is 6. The topological polar surface area (TPSA) is 95.6 Å². The molecular formula is C7H11N5O2S. The van der Waals surface area contributed by atoms with E-state index in [1.807, 2.05) is 4.90 Å². The molecule has 1 aromatic heterocycles. The fourth-order valence-corrected chi connectivity index (χ4v) is 2.02. The van der Waals surface area contributed by atoms with Gasteiger partial charge < -0.3 is 20.6 Å². The van der Waals surface area contributed by atoms with Crippen molar-refractivity contribution in [3.8, 4) is 0 Å². The zero-order chi connectivity index (χ0) is 10.8. The molecule has 0 radical (unpaired) electrons. The molecule has 0 unspecified atom stereocenters. The molecule has 1 aliphatic heterocycles. The van der Waals surface area contributed by atoms with E-state index in [1.165, 1.54) is 4.90 Å². The Morgan fingerprint density at radius 2 is 2.00 bits per heavy atom. The Morgan fingerprint density at radius 3 is 2.47 bits per heavy atom. The third-order valence-corrected chi connectivity index (χ3v) is 2.88. The van der Waals surface area contributed by atoms with Crippen LogP contribution in [0.15, 0.2) is 0 Å². The van der Waals surface area contributed by atoms with Crippen LogP contribution in [0.4, 0.5) is 16.4 Å². The van der Waals surface area contributed by atoms with E-state index >= 15 is 0 Å². The number of nitrogens with two attached hydrogens (primary N) is 1. The fraction of sp³-hybridized carbons (Fsp3) is 0.571. The number of carbonyl (C=O) groups is 1. The van der Waals surface area contributed by atoms with E-state index in [0.717, 1.165) is 11.7 Å². The largest absolute Gasteiger partial charge is 0.465 e. The quantitative estimate of drug-likeness (QED) is 0.699. The van der Waals surface area contributed by atoms with Crippen LogP contribution in [0.25, 0.3) is 0 Å². The maximum atomic E-state index is 10.7. The summed E-state index contributed by atoms with van der Waals surface area (Å²) in [4.78, 5) is 14.0. The van der Waals surface area contributed by atoms with Gasteiger partial charge in [0, 0.05) is 26.2 Å². The molecule has 0 aliphatic carbocycles. The van der Waals surface area contributed by atoms with Gasteiger partial charge in [0.25, 0.3) is 0 Å². The summed E-state index contributed by atoms with van der Waals surface area (Å²) in [5, 5.41) is 8.77. The Bertz CT molecular complexity index is 360. The molecule has 0 aromatic carbocycles. The zero-order valence-electron chi connectivity index (χ0n) is 7.96. The highest BCUT2D eigenvalue weighted by Gasteiger charge is 2.23. The van der Waals surface area contributed by atoms with Gasteiger partial charge in [0.05, 0.1) is 11.7 Å². The van der Waals surface area contributed by atoms with E-state index < -0.39 is 6.09 Å². The summed E-state index contributed by atoms with van der Waals surface area (Å²) in [6.07, 6.45) is -0.876. The summed E-state index contributed by atoms with van der Waals surface area (Å²) in [6.45, 7) is 2.18. The van der Waals surface area contributed by atoms with Gasteiger partial charge in [0.1, 0.15) is 0 Å². The molecule has 1 aromatic rings. The van der Waals surface area contributed by atoms with Crippen LogP contribution in [0.1, 0.15) is 0 Å². The van der Waals surface area contributed by atoms with E-state index in [9.17, 15) is 4.79 Å². The minimum absolute atomic E-state index is 0.420. The number of amides is 1. The molecule has 2 rings (SSSR count). The third-order valence-electron chi connectivity index (χ3n) is 2.35. The first-order valence-electron chi connectivity index (χ1n) is 4.49. The number of hydrogen-bond donors (Lipinski definition) is 2. The lowest BCUT2D eigenvalue weighted by atomic mass is 10.3. The van der Waals surface area contributed by atoms with Crippen LogP contribution in [0.5, 0.6) is 0 Å². The van der Waals surface area contributed by atoms with Crippen molar-refractivity contribution in [1.29, 1.82) is 0 Å². The predicted molar refractivity (Wildman–Crippen MR) is 56.1 cm³/mol. The average molecular weight is 229 g/mol. The fourth-order valence-electron chi connectivity index (χ4n) is 1.52. The summed E-state index contributed by atoms with van der Waals surface area (Å²) < 4.78 is 7.96. The lowest BCUT2D eigenvalue weighted by Gasteiger charge is -2.33. The summed E-state index contributed by atoms with van der Waals surface area (Å²) in [7, 11) is 0. The maximum absolute atomic E-state index is 10.7. The number of piperazine rings is 1. The summed E-state index contributed by atoms with van der Waals surface area (Å²) >= 11 is 1.07. The van der Waals surface area contributed by atoms with E-state index in [4.69, 9.17) is 10.8 Å². The molecule has 82 valence electrons. The van der Waals surface area contributed by atoms with Crippen molar-refractivity contribution < 1.29 is 9.90 Å². The van der Waals surface area contributed by atoms with Crippen molar-refractivity contribution in [2.45, 2.75) is 0 Å². The third kappa shape index (κ3) is 1.94. The van der Waals surface area contributed by atoms with Gasteiger partial charge in [-0.3, -0.25) is 0 Å². The van der Waals surface area contributed by atoms with Crippen molar-refractivity contribution in [2.75, 3.05) is 36.8 Å². The number of carboxylic acid groups (broad SMARTS) is 1. The molecule has 1 amide bonds. The number of nitrogen functional groups attached to an aromatic ring is 1. The molecule has 15 heavy (non-hydrogen) atoms. The second kappa shape index (κ2) is 3.89. The highest BCUT2D eigenvalue weighted by atomic mass is 32.1. The highest BCUT2D eigenvalue weighted by molar-refractivity contribution is 6.99. The molecule has 0 bridgehead atoms. The Balaban J connectivity index is 2.00. The van der Waals surface area contributed by atoms with Gasteiger partial charge in [-0.1, -0.05) is 0 Å². The van der Waals surface area contributed by atoms with Gasteiger partial charge in [0.2, 0.25) is 0 Å². The monoisotopic (exact) mass is 229 g/mol. The molecule has 8 heteroatoms. The van der Waals surface area contributed by atoms with E-state index in [-0.39, 0.29) is 0 Å². The second-order valence-electron chi connectivity index (χ2n) is 3.23. The van der Waals surface area contributed by atoms with Gasteiger partial charge in [-0.05, 0) is 0 Å². The van der Waals surface area contributed by atoms with Crippen LogP contribution in [-0.4, -0.2) is 51.0 Å². The first kappa shape index (κ1) is 9.97. The molecule has 7 nitrogen and oxygen atoms in total. The minimum Gasteiger partial charge on any atom is -0.465 e. The van der Waals surface area contributed by atoms with Crippen LogP contribution in [0, 0.1) is 0 Å². The summed E-state index contributed by atoms with van der Waals surface area (Å²) in [5.74, 6) is 1.09. The summed E-state index contributed by atoms with van der Waals surface area (Å²) in [6, 6.07) is 0. The Kier molecular flexibility index (Phi) is 2.58. The maximum Gasteiger partial charge on any atom is 0.407 e. The molecule has 1 aliphatic rings. The Morgan fingerprint density at radius 1 is 1.33 bits per heavy atom. The first-order valence-corrected chi connectivity index (χ1v) is 5.22. The van der Waals surface area contributed by atoms with Crippen LogP contribution >= 0.6 is 11.7 Å². The van der Waals surface area contributed by atoms with E-state index in [1.54, 1.807) is 0 Å². The van der Waals surface area contributed by atoms with Crippen LogP contribution < -0.4 is 10.6 Å². The van der Waals surface area contributed by atoms with Crippen molar-refractivity contribution in [1.82, 2.24) is 13.6 Å². The smallest absolute Gasteiger partial charge is 0.407 e. The molecule has 0 saturated carbocycles. The molecule has 1 saturated heterocycles. The lowest BCUT2D eigenvalue weighted by molar-refractivity contribution is 0.142. The first-order chi connectivity index (χ1) is 7.18. The SMILES string of the molecule is Nc1nsnc1N1CCN(C(=O)O)CC1. The zero-order valence-corrected chi connectivity index (χ0v) is 8.77. The molecule has 0 atom stereocenters. The standard InChI is InChI=1S/C7H11N5O2S/c8-5-6(10-15-9-5)11-1-3-12(4-2-11)7(13)14/h1-4H2,(H2,8,9)(H,13,14). The Hall–Kier alpha value is -1.57. The van der Waals surface area contributed by atoms with Gasteiger partial charge >= 0.3 is 6.09 Å². The number of anilines is 2. The molecular weight excluding hydrogens is 218 g/mol.